The highest BCUT2D eigenvalue weighted by atomic mass is 32.2. The summed E-state index contributed by atoms with van der Waals surface area (Å²) in [7, 11) is 3.17. The molecule has 0 unspecified atom stereocenters. The maximum absolute atomic E-state index is 12.5. The van der Waals surface area contributed by atoms with Crippen LogP contribution in [0.3, 0.4) is 0 Å². The van der Waals surface area contributed by atoms with Crippen LogP contribution in [0.4, 0.5) is 16.4 Å². The molecule has 0 radical (unpaired) electrons. The van der Waals surface area contributed by atoms with Gasteiger partial charge < -0.3 is 19.3 Å². The van der Waals surface area contributed by atoms with Gasteiger partial charge in [-0.2, -0.15) is 0 Å². The molecule has 2 amide bonds. The van der Waals surface area contributed by atoms with E-state index in [4.69, 9.17) is 14.0 Å². The van der Waals surface area contributed by atoms with Gasteiger partial charge in [-0.05, 0) is 24.3 Å². The van der Waals surface area contributed by atoms with Crippen molar-refractivity contribution in [2.75, 3.05) is 24.9 Å². The number of urea groups is 1. The summed E-state index contributed by atoms with van der Waals surface area (Å²) in [6, 6.07) is 12.4. The minimum absolute atomic E-state index is 0.175. The summed E-state index contributed by atoms with van der Waals surface area (Å²) in [5.74, 6) is 1.48. The van der Waals surface area contributed by atoms with Crippen molar-refractivity contribution in [1.82, 2.24) is 15.1 Å². The van der Waals surface area contributed by atoms with Gasteiger partial charge in [0.2, 0.25) is 5.88 Å². The number of carbonyl (C=O) groups excluding carboxylic acids is 1. The van der Waals surface area contributed by atoms with Crippen molar-refractivity contribution >= 4 is 40.3 Å². The van der Waals surface area contributed by atoms with Crippen LogP contribution in [0.25, 0.3) is 10.9 Å². The van der Waals surface area contributed by atoms with Crippen LogP contribution < -0.4 is 20.1 Å². The standard InChI is InChI=1S/C24H25N5O4S/c1-24(2,3)20-12-21(33-29-20)28-23(30)27-14-7-6-8-15(9-14)34-22-16-10-18(31-4)19(32-5)11-17(16)25-13-26-22/h6-13H,1-5H3,(H2,27,28,30). The molecule has 2 aromatic carbocycles. The molecule has 0 spiro atoms. The zero-order chi connectivity index (χ0) is 24.3. The Hall–Kier alpha value is -3.79. The minimum Gasteiger partial charge on any atom is -0.493 e. The van der Waals surface area contributed by atoms with E-state index in [9.17, 15) is 4.79 Å². The van der Waals surface area contributed by atoms with Crippen LogP contribution in [-0.4, -0.2) is 35.4 Å². The second-order valence-corrected chi connectivity index (χ2v) is 9.50. The highest BCUT2D eigenvalue weighted by molar-refractivity contribution is 7.99. The molecular formula is C24H25N5O4S. The monoisotopic (exact) mass is 479 g/mol. The molecule has 34 heavy (non-hydrogen) atoms. The predicted octanol–water partition coefficient (Wildman–Crippen LogP) is 5.73. The lowest BCUT2D eigenvalue weighted by Crippen LogP contribution is -2.19. The van der Waals surface area contributed by atoms with Gasteiger partial charge in [0.25, 0.3) is 0 Å². The molecule has 0 bridgehead atoms. The lowest BCUT2D eigenvalue weighted by molar-refractivity contribution is 0.261. The lowest BCUT2D eigenvalue weighted by atomic mass is 9.92. The van der Waals surface area contributed by atoms with E-state index < -0.39 is 6.03 Å². The molecule has 0 saturated carbocycles. The maximum atomic E-state index is 12.5. The highest BCUT2D eigenvalue weighted by Crippen LogP contribution is 2.37. The van der Waals surface area contributed by atoms with Gasteiger partial charge in [-0.1, -0.05) is 43.8 Å². The first-order valence-electron chi connectivity index (χ1n) is 10.5. The molecule has 176 valence electrons. The number of nitrogens with zero attached hydrogens (tertiary/aromatic N) is 3. The number of carbonyl (C=O) groups is 1. The summed E-state index contributed by atoms with van der Waals surface area (Å²) in [4.78, 5) is 22.1. The van der Waals surface area contributed by atoms with E-state index in [0.717, 1.165) is 26.5 Å². The van der Waals surface area contributed by atoms with E-state index in [0.29, 0.717) is 17.2 Å². The van der Waals surface area contributed by atoms with Crippen LogP contribution in [0.5, 0.6) is 11.5 Å². The van der Waals surface area contributed by atoms with Gasteiger partial charge in [0.15, 0.2) is 11.5 Å². The Morgan fingerprint density at radius 1 is 1.00 bits per heavy atom. The fourth-order valence-electron chi connectivity index (χ4n) is 3.15. The van der Waals surface area contributed by atoms with Crippen LogP contribution in [0.1, 0.15) is 26.5 Å². The Morgan fingerprint density at radius 2 is 1.76 bits per heavy atom. The van der Waals surface area contributed by atoms with E-state index in [1.165, 1.54) is 18.1 Å². The Balaban J connectivity index is 1.50. The van der Waals surface area contributed by atoms with Gasteiger partial charge in [0.1, 0.15) is 11.4 Å². The third-order valence-electron chi connectivity index (χ3n) is 4.93. The van der Waals surface area contributed by atoms with Gasteiger partial charge in [0, 0.05) is 33.5 Å². The van der Waals surface area contributed by atoms with Crippen LogP contribution in [0.2, 0.25) is 0 Å². The van der Waals surface area contributed by atoms with Crippen LogP contribution in [-0.2, 0) is 5.41 Å². The third kappa shape index (κ3) is 5.23. The van der Waals surface area contributed by atoms with Gasteiger partial charge in [-0.15, -0.1) is 0 Å². The first kappa shape index (κ1) is 23.4. The van der Waals surface area contributed by atoms with Gasteiger partial charge in [-0.25, -0.2) is 14.8 Å². The lowest BCUT2D eigenvalue weighted by Gasteiger charge is -2.12. The van der Waals surface area contributed by atoms with E-state index in [1.807, 2.05) is 51.1 Å². The first-order chi connectivity index (χ1) is 16.3. The molecule has 0 aliphatic carbocycles. The number of hydrogen-bond donors (Lipinski definition) is 2. The molecule has 2 heterocycles. The molecule has 4 rings (SSSR count). The third-order valence-corrected chi connectivity index (χ3v) is 5.93. The number of ether oxygens (including phenoxy) is 2. The van der Waals surface area contributed by atoms with E-state index in [2.05, 4.69) is 25.8 Å². The van der Waals surface area contributed by atoms with E-state index in [1.54, 1.807) is 26.4 Å². The smallest absolute Gasteiger partial charge is 0.326 e. The van der Waals surface area contributed by atoms with Crippen LogP contribution >= 0.6 is 11.8 Å². The van der Waals surface area contributed by atoms with Crippen molar-refractivity contribution in [3.63, 3.8) is 0 Å². The van der Waals surface area contributed by atoms with Crippen molar-refractivity contribution in [3.05, 3.63) is 54.5 Å². The summed E-state index contributed by atoms with van der Waals surface area (Å²) in [5.41, 5.74) is 1.94. The number of amides is 2. The highest BCUT2D eigenvalue weighted by Gasteiger charge is 2.20. The number of nitrogens with one attached hydrogen (secondary N) is 2. The predicted molar refractivity (Wildman–Crippen MR) is 131 cm³/mol. The number of methoxy groups -OCH3 is 2. The number of hydrogen-bond acceptors (Lipinski definition) is 8. The second-order valence-electron chi connectivity index (χ2n) is 8.44. The summed E-state index contributed by atoms with van der Waals surface area (Å²) >= 11 is 1.45. The number of fused-ring (bicyclic) bond motifs is 1. The molecule has 4 aromatic rings. The summed E-state index contributed by atoms with van der Waals surface area (Å²) in [5, 5.41) is 11.1. The topological polar surface area (TPSA) is 111 Å². The molecule has 0 fully saturated rings. The molecule has 10 heteroatoms. The molecule has 0 atom stereocenters. The fourth-order valence-corrected chi connectivity index (χ4v) is 4.08. The fraction of sp³-hybridized carbons (Fsp3) is 0.250. The Morgan fingerprint density at radius 3 is 2.47 bits per heavy atom. The normalized spacial score (nSPS) is 11.3. The Labute approximate surface area is 201 Å². The molecule has 9 nitrogen and oxygen atoms in total. The first-order valence-corrected chi connectivity index (χ1v) is 11.3. The average molecular weight is 480 g/mol. The molecule has 2 aromatic heterocycles. The number of anilines is 2. The zero-order valence-electron chi connectivity index (χ0n) is 19.5. The van der Waals surface area contributed by atoms with Crippen LogP contribution in [0.15, 0.2) is 63.2 Å². The Bertz CT molecular complexity index is 1330. The number of benzene rings is 2. The van der Waals surface area contributed by atoms with Crippen LogP contribution in [0, 0.1) is 0 Å². The molecule has 2 N–H and O–H groups in total. The minimum atomic E-state index is -0.428. The van der Waals surface area contributed by atoms with Crippen molar-refractivity contribution in [1.29, 1.82) is 0 Å². The summed E-state index contributed by atoms with van der Waals surface area (Å²) < 4.78 is 16.0. The van der Waals surface area contributed by atoms with Crippen molar-refractivity contribution < 1.29 is 18.8 Å². The molecule has 0 aliphatic heterocycles. The second kappa shape index (κ2) is 9.60. The van der Waals surface area contributed by atoms with Crippen molar-refractivity contribution in [2.45, 2.75) is 36.1 Å². The molecule has 0 saturated heterocycles. The molecule has 0 aliphatic rings. The zero-order valence-corrected chi connectivity index (χ0v) is 20.3. The van der Waals surface area contributed by atoms with E-state index in [-0.39, 0.29) is 11.3 Å². The largest absolute Gasteiger partial charge is 0.493 e. The summed E-state index contributed by atoms with van der Waals surface area (Å²) in [6.07, 6.45) is 1.51. The molecular weight excluding hydrogens is 454 g/mol. The average Bonchev–Trinajstić information content (AvgIpc) is 3.27. The summed E-state index contributed by atoms with van der Waals surface area (Å²) in [6.45, 7) is 6.06. The van der Waals surface area contributed by atoms with E-state index >= 15 is 0 Å². The number of rotatable bonds is 6. The van der Waals surface area contributed by atoms with Gasteiger partial charge in [0.05, 0.1) is 25.4 Å². The van der Waals surface area contributed by atoms with Gasteiger partial charge >= 0.3 is 6.03 Å². The maximum Gasteiger partial charge on any atom is 0.326 e. The van der Waals surface area contributed by atoms with Gasteiger partial charge in [-0.3, -0.25) is 5.32 Å². The Kier molecular flexibility index (Phi) is 6.60. The van der Waals surface area contributed by atoms with Crippen molar-refractivity contribution in [3.8, 4) is 11.5 Å². The SMILES string of the molecule is COc1cc2ncnc(Sc3cccc(NC(=O)Nc4cc(C(C)(C)C)no4)c3)c2cc1OC. The number of aromatic nitrogens is 3. The van der Waals surface area contributed by atoms with Crippen molar-refractivity contribution in [2.24, 2.45) is 0 Å². The quantitative estimate of drug-likeness (QED) is 0.337.